The van der Waals surface area contributed by atoms with Crippen molar-refractivity contribution in [2.24, 2.45) is 0 Å². The zero-order chi connectivity index (χ0) is 13.8. The predicted molar refractivity (Wildman–Crippen MR) is 76.0 cm³/mol. The molecule has 0 atom stereocenters. The number of nitrogens with two attached hydrogens (primary N) is 1. The predicted octanol–water partition coefficient (Wildman–Crippen LogP) is 2.56. The molecule has 0 aliphatic rings. The minimum absolute atomic E-state index is 0.148. The Morgan fingerprint density at radius 1 is 1.37 bits per heavy atom. The number of hydrogen-bond donors (Lipinski definition) is 2. The fourth-order valence-corrected chi connectivity index (χ4v) is 1.90. The van der Waals surface area contributed by atoms with Gasteiger partial charge in [-0.2, -0.15) is 0 Å². The van der Waals surface area contributed by atoms with Crippen molar-refractivity contribution < 1.29 is 4.79 Å². The van der Waals surface area contributed by atoms with Crippen molar-refractivity contribution in [3.8, 4) is 0 Å². The molecule has 2 rings (SSSR count). The Bertz CT molecular complexity index is 613. The average Bonchev–Trinajstić information content (AvgIpc) is 2.39. The molecule has 3 N–H and O–H groups in total. The Morgan fingerprint density at radius 2 is 2.16 bits per heavy atom. The number of halogens is 1. The Morgan fingerprint density at radius 3 is 2.89 bits per heavy atom. The van der Waals surface area contributed by atoms with Gasteiger partial charge in [0.1, 0.15) is 11.5 Å². The summed E-state index contributed by atoms with van der Waals surface area (Å²) in [6.07, 6.45) is 0. The Hall–Kier alpha value is -2.07. The van der Waals surface area contributed by atoms with E-state index in [9.17, 15) is 4.79 Å². The second-order valence-corrected chi connectivity index (χ2v) is 4.65. The highest BCUT2D eigenvalue weighted by atomic mass is 35.5. The van der Waals surface area contributed by atoms with Crippen LogP contribution in [0.2, 0.25) is 5.02 Å². The third-order valence-corrected chi connectivity index (χ3v) is 2.92. The maximum absolute atomic E-state index is 12.0. The lowest BCUT2D eigenvalue weighted by atomic mass is 10.1. The van der Waals surface area contributed by atoms with Crippen molar-refractivity contribution >= 4 is 23.3 Å². The van der Waals surface area contributed by atoms with E-state index < -0.39 is 0 Å². The minimum Gasteiger partial charge on any atom is -0.384 e. The van der Waals surface area contributed by atoms with E-state index in [1.165, 1.54) is 0 Å². The second kappa shape index (κ2) is 5.71. The first-order chi connectivity index (χ1) is 9.06. The van der Waals surface area contributed by atoms with Gasteiger partial charge in [-0.15, -0.1) is 0 Å². The van der Waals surface area contributed by atoms with E-state index in [4.69, 9.17) is 17.3 Å². The van der Waals surface area contributed by atoms with Gasteiger partial charge in [-0.3, -0.25) is 4.79 Å². The second-order valence-electron chi connectivity index (χ2n) is 4.24. The van der Waals surface area contributed by atoms with Crippen molar-refractivity contribution in [1.82, 2.24) is 10.3 Å². The van der Waals surface area contributed by atoms with Crippen molar-refractivity contribution in [2.45, 2.75) is 13.5 Å². The number of pyridine rings is 1. The summed E-state index contributed by atoms with van der Waals surface area (Å²) < 4.78 is 0. The zero-order valence-corrected chi connectivity index (χ0v) is 11.2. The van der Waals surface area contributed by atoms with E-state index in [0.29, 0.717) is 6.54 Å². The summed E-state index contributed by atoms with van der Waals surface area (Å²) in [5.74, 6) is -0.0658. The summed E-state index contributed by atoms with van der Waals surface area (Å²) >= 11 is 5.92. The maximum Gasteiger partial charge on any atom is 0.271 e. The number of carbonyl (C=O) groups is 1. The van der Waals surface area contributed by atoms with Gasteiger partial charge in [0.25, 0.3) is 5.91 Å². The van der Waals surface area contributed by atoms with E-state index in [-0.39, 0.29) is 22.4 Å². The molecule has 4 nitrogen and oxygen atoms in total. The topological polar surface area (TPSA) is 68.0 Å². The summed E-state index contributed by atoms with van der Waals surface area (Å²) in [4.78, 5) is 15.9. The van der Waals surface area contributed by atoms with E-state index >= 15 is 0 Å². The van der Waals surface area contributed by atoms with Crippen LogP contribution in [0.3, 0.4) is 0 Å². The summed E-state index contributed by atoms with van der Waals surface area (Å²) in [6, 6.07) is 11.0. The van der Waals surface area contributed by atoms with Crippen molar-refractivity contribution in [1.29, 1.82) is 0 Å². The Kier molecular flexibility index (Phi) is 4.02. The smallest absolute Gasteiger partial charge is 0.271 e. The number of hydrogen-bond acceptors (Lipinski definition) is 3. The minimum atomic E-state index is -0.334. The van der Waals surface area contributed by atoms with Crippen LogP contribution in [0.15, 0.2) is 36.4 Å². The van der Waals surface area contributed by atoms with Gasteiger partial charge < -0.3 is 11.1 Å². The van der Waals surface area contributed by atoms with Crippen LogP contribution >= 0.6 is 11.6 Å². The molecule has 0 spiro atoms. The highest BCUT2D eigenvalue weighted by Gasteiger charge is 2.12. The van der Waals surface area contributed by atoms with E-state index in [2.05, 4.69) is 10.3 Å². The summed E-state index contributed by atoms with van der Waals surface area (Å²) in [6.45, 7) is 2.43. The molecule has 0 bridgehead atoms. The highest BCUT2D eigenvalue weighted by molar-refractivity contribution is 6.33. The van der Waals surface area contributed by atoms with Crippen molar-refractivity contribution in [3.63, 3.8) is 0 Å². The molecule has 1 aromatic carbocycles. The van der Waals surface area contributed by atoms with Crippen molar-refractivity contribution in [3.05, 3.63) is 58.2 Å². The lowest BCUT2D eigenvalue weighted by Gasteiger charge is -2.07. The summed E-state index contributed by atoms with van der Waals surface area (Å²) in [7, 11) is 0. The number of carbonyl (C=O) groups excluding carboxylic acids is 1. The molecule has 0 unspecified atom stereocenters. The first kappa shape index (κ1) is 13.4. The first-order valence-electron chi connectivity index (χ1n) is 5.82. The number of nitrogen functional groups attached to an aromatic ring is 1. The molecular formula is C14H14ClN3O. The van der Waals surface area contributed by atoms with Crippen LogP contribution in [0.25, 0.3) is 0 Å². The third kappa shape index (κ3) is 3.45. The van der Waals surface area contributed by atoms with Crippen LogP contribution in [-0.2, 0) is 6.54 Å². The molecule has 1 heterocycles. The van der Waals surface area contributed by atoms with E-state index in [1.54, 1.807) is 12.1 Å². The number of benzene rings is 1. The van der Waals surface area contributed by atoms with E-state index in [0.717, 1.165) is 11.1 Å². The largest absolute Gasteiger partial charge is 0.384 e. The number of aromatic nitrogens is 1. The lowest BCUT2D eigenvalue weighted by molar-refractivity contribution is 0.0946. The summed E-state index contributed by atoms with van der Waals surface area (Å²) in [5, 5.41) is 3.06. The standard InChI is InChI=1S/C14H14ClN3O/c1-9-3-2-4-10(7-9)8-17-14(19)13-11(15)5-6-12(16)18-13/h2-7H,8H2,1H3,(H2,16,18)(H,17,19). The quantitative estimate of drug-likeness (QED) is 0.904. The van der Waals surface area contributed by atoms with Gasteiger partial charge >= 0.3 is 0 Å². The van der Waals surface area contributed by atoms with Crippen molar-refractivity contribution in [2.75, 3.05) is 5.73 Å². The SMILES string of the molecule is Cc1cccc(CNC(=O)c2nc(N)ccc2Cl)c1. The number of amides is 1. The molecule has 98 valence electrons. The molecular weight excluding hydrogens is 262 g/mol. The zero-order valence-electron chi connectivity index (χ0n) is 10.5. The van der Waals surface area contributed by atoms with Gasteiger partial charge in [-0.05, 0) is 24.6 Å². The Labute approximate surface area is 116 Å². The third-order valence-electron chi connectivity index (χ3n) is 2.62. The normalized spacial score (nSPS) is 10.2. The number of nitrogens with one attached hydrogen (secondary N) is 1. The summed E-state index contributed by atoms with van der Waals surface area (Å²) in [5.41, 5.74) is 7.86. The molecule has 0 aliphatic carbocycles. The van der Waals surface area contributed by atoms with Gasteiger partial charge in [0.15, 0.2) is 0 Å². The molecule has 5 heteroatoms. The van der Waals surface area contributed by atoms with Gasteiger partial charge in [0, 0.05) is 6.54 Å². The molecule has 0 fully saturated rings. The molecule has 0 aliphatic heterocycles. The van der Waals surface area contributed by atoms with Gasteiger partial charge in [-0.1, -0.05) is 41.4 Å². The molecule has 1 aromatic heterocycles. The highest BCUT2D eigenvalue weighted by Crippen LogP contribution is 2.15. The first-order valence-corrected chi connectivity index (χ1v) is 6.20. The molecule has 0 saturated heterocycles. The number of rotatable bonds is 3. The van der Waals surface area contributed by atoms with Gasteiger partial charge in [0.2, 0.25) is 0 Å². The monoisotopic (exact) mass is 275 g/mol. The van der Waals surface area contributed by atoms with Crippen LogP contribution in [0.5, 0.6) is 0 Å². The number of aryl methyl sites for hydroxylation is 1. The molecule has 19 heavy (non-hydrogen) atoms. The van der Waals surface area contributed by atoms with Crippen LogP contribution in [-0.4, -0.2) is 10.9 Å². The molecule has 2 aromatic rings. The fourth-order valence-electron chi connectivity index (χ4n) is 1.70. The number of nitrogens with zero attached hydrogens (tertiary/aromatic N) is 1. The van der Waals surface area contributed by atoms with Crippen LogP contribution in [0.4, 0.5) is 5.82 Å². The fraction of sp³-hybridized carbons (Fsp3) is 0.143. The maximum atomic E-state index is 12.0. The van der Waals surface area contributed by atoms with Crippen LogP contribution in [0, 0.1) is 6.92 Å². The average molecular weight is 276 g/mol. The molecule has 0 radical (unpaired) electrons. The number of anilines is 1. The molecule has 0 saturated carbocycles. The van der Waals surface area contributed by atoms with Gasteiger partial charge in [-0.25, -0.2) is 4.98 Å². The lowest BCUT2D eigenvalue weighted by Crippen LogP contribution is -2.24. The van der Waals surface area contributed by atoms with E-state index in [1.807, 2.05) is 31.2 Å². The Balaban J connectivity index is 2.07. The van der Waals surface area contributed by atoms with Crippen LogP contribution < -0.4 is 11.1 Å². The van der Waals surface area contributed by atoms with Gasteiger partial charge in [0.05, 0.1) is 5.02 Å². The molecule has 1 amide bonds. The van der Waals surface area contributed by atoms with Crippen LogP contribution in [0.1, 0.15) is 21.6 Å².